The van der Waals surface area contributed by atoms with E-state index < -0.39 is 5.60 Å². The lowest BCUT2D eigenvalue weighted by atomic mass is 9.94. The average molecular weight is 219 g/mol. The van der Waals surface area contributed by atoms with Crippen molar-refractivity contribution in [3.63, 3.8) is 0 Å². The maximum Gasteiger partial charge on any atom is 0.169 e. The second kappa shape index (κ2) is 7.17. The summed E-state index contributed by atoms with van der Waals surface area (Å²) in [6.45, 7) is 7.17. The lowest BCUT2D eigenvalue weighted by Gasteiger charge is -2.26. The van der Waals surface area contributed by atoms with Crippen molar-refractivity contribution in [2.75, 3.05) is 27.3 Å². The third kappa shape index (κ3) is 7.73. The predicted molar refractivity (Wildman–Crippen MR) is 60.8 cm³/mol. The van der Waals surface area contributed by atoms with E-state index in [0.29, 0.717) is 19.0 Å². The molecule has 0 bridgehead atoms. The van der Waals surface area contributed by atoms with Crippen LogP contribution in [0.2, 0.25) is 0 Å². The van der Waals surface area contributed by atoms with E-state index in [9.17, 15) is 5.11 Å². The van der Waals surface area contributed by atoms with Gasteiger partial charge in [0.2, 0.25) is 0 Å². The molecule has 0 rings (SSSR count). The SMILES string of the molecule is COC(CNCC(C)(O)CC(C)C)OC. The fourth-order valence-electron chi connectivity index (χ4n) is 1.67. The molecule has 0 radical (unpaired) electrons. The zero-order chi connectivity index (χ0) is 11.9. The molecular weight excluding hydrogens is 194 g/mol. The topological polar surface area (TPSA) is 50.7 Å². The van der Waals surface area contributed by atoms with E-state index in [-0.39, 0.29) is 6.29 Å². The van der Waals surface area contributed by atoms with Crippen molar-refractivity contribution >= 4 is 0 Å². The van der Waals surface area contributed by atoms with Gasteiger partial charge in [0.25, 0.3) is 0 Å². The molecule has 0 aliphatic carbocycles. The minimum absolute atomic E-state index is 0.250. The van der Waals surface area contributed by atoms with Crippen LogP contribution in [0.3, 0.4) is 0 Å². The first-order chi connectivity index (χ1) is 6.91. The van der Waals surface area contributed by atoms with Gasteiger partial charge in [0.1, 0.15) is 0 Å². The minimum Gasteiger partial charge on any atom is -0.389 e. The first-order valence-electron chi connectivity index (χ1n) is 5.40. The van der Waals surface area contributed by atoms with Gasteiger partial charge >= 0.3 is 0 Å². The summed E-state index contributed by atoms with van der Waals surface area (Å²) in [5, 5.41) is 13.1. The number of hydrogen-bond donors (Lipinski definition) is 2. The van der Waals surface area contributed by atoms with Crippen LogP contribution in [-0.4, -0.2) is 44.3 Å². The molecule has 4 nitrogen and oxygen atoms in total. The number of aliphatic hydroxyl groups is 1. The summed E-state index contributed by atoms with van der Waals surface area (Å²) >= 11 is 0. The Morgan fingerprint density at radius 2 is 1.80 bits per heavy atom. The second-order valence-electron chi connectivity index (χ2n) is 4.63. The van der Waals surface area contributed by atoms with Crippen LogP contribution in [0.5, 0.6) is 0 Å². The molecule has 0 amide bonds. The van der Waals surface area contributed by atoms with Crippen molar-refractivity contribution < 1.29 is 14.6 Å². The Bertz CT molecular complexity index is 156. The lowest BCUT2D eigenvalue weighted by molar-refractivity contribution is -0.101. The van der Waals surface area contributed by atoms with Gasteiger partial charge in [0.05, 0.1) is 5.60 Å². The molecular formula is C11H25NO3. The maximum absolute atomic E-state index is 10.00. The van der Waals surface area contributed by atoms with Crippen LogP contribution < -0.4 is 5.32 Å². The van der Waals surface area contributed by atoms with E-state index >= 15 is 0 Å². The van der Waals surface area contributed by atoms with E-state index in [2.05, 4.69) is 19.2 Å². The highest BCUT2D eigenvalue weighted by atomic mass is 16.7. The highest BCUT2D eigenvalue weighted by Crippen LogP contribution is 2.14. The summed E-state index contributed by atoms with van der Waals surface area (Å²) in [6, 6.07) is 0. The molecule has 0 fully saturated rings. The molecule has 15 heavy (non-hydrogen) atoms. The van der Waals surface area contributed by atoms with Crippen LogP contribution >= 0.6 is 0 Å². The predicted octanol–water partition coefficient (Wildman–Crippen LogP) is 0.992. The van der Waals surface area contributed by atoms with Gasteiger partial charge in [0.15, 0.2) is 6.29 Å². The van der Waals surface area contributed by atoms with Gasteiger partial charge in [-0.3, -0.25) is 0 Å². The molecule has 0 saturated carbocycles. The molecule has 0 heterocycles. The Morgan fingerprint density at radius 1 is 1.27 bits per heavy atom. The molecule has 1 unspecified atom stereocenters. The van der Waals surface area contributed by atoms with Crippen LogP contribution in [0.1, 0.15) is 27.2 Å². The standard InChI is InChI=1S/C11H25NO3/c1-9(2)6-11(3,13)8-12-7-10(14-4)15-5/h9-10,12-13H,6-8H2,1-5H3. The highest BCUT2D eigenvalue weighted by molar-refractivity contribution is 4.76. The molecule has 0 aliphatic heterocycles. The lowest BCUT2D eigenvalue weighted by Crippen LogP contribution is -2.42. The molecule has 0 aliphatic rings. The molecule has 0 aromatic carbocycles. The highest BCUT2D eigenvalue weighted by Gasteiger charge is 2.21. The summed E-state index contributed by atoms with van der Waals surface area (Å²) in [6.07, 6.45) is 0.532. The van der Waals surface area contributed by atoms with Gasteiger partial charge in [-0.1, -0.05) is 13.8 Å². The summed E-state index contributed by atoms with van der Waals surface area (Å²) in [5.74, 6) is 0.488. The van der Waals surface area contributed by atoms with E-state index in [4.69, 9.17) is 9.47 Å². The Balaban J connectivity index is 3.73. The third-order valence-corrected chi connectivity index (χ3v) is 2.19. The Hall–Kier alpha value is -0.160. The Morgan fingerprint density at radius 3 is 2.20 bits per heavy atom. The molecule has 1 atom stereocenters. The van der Waals surface area contributed by atoms with Crippen LogP contribution in [0.25, 0.3) is 0 Å². The normalized spacial score (nSPS) is 16.0. The molecule has 0 aromatic heterocycles. The van der Waals surface area contributed by atoms with Crippen molar-refractivity contribution in [3.8, 4) is 0 Å². The van der Waals surface area contributed by atoms with E-state index in [0.717, 1.165) is 6.42 Å². The molecule has 92 valence electrons. The molecule has 2 N–H and O–H groups in total. The fraction of sp³-hybridized carbons (Fsp3) is 1.00. The van der Waals surface area contributed by atoms with Gasteiger partial charge in [-0.2, -0.15) is 0 Å². The molecule has 0 saturated heterocycles. The van der Waals surface area contributed by atoms with Crippen molar-refractivity contribution in [1.82, 2.24) is 5.32 Å². The summed E-state index contributed by atoms with van der Waals surface area (Å²) in [4.78, 5) is 0. The van der Waals surface area contributed by atoms with Crippen LogP contribution in [0.4, 0.5) is 0 Å². The van der Waals surface area contributed by atoms with Crippen molar-refractivity contribution in [2.24, 2.45) is 5.92 Å². The van der Waals surface area contributed by atoms with Gasteiger partial charge in [0, 0.05) is 27.3 Å². The zero-order valence-corrected chi connectivity index (χ0v) is 10.5. The van der Waals surface area contributed by atoms with Gasteiger partial charge < -0.3 is 19.9 Å². The van der Waals surface area contributed by atoms with Crippen LogP contribution in [0.15, 0.2) is 0 Å². The minimum atomic E-state index is -0.666. The second-order valence-corrected chi connectivity index (χ2v) is 4.63. The number of methoxy groups -OCH3 is 2. The van der Waals surface area contributed by atoms with Gasteiger partial charge in [-0.15, -0.1) is 0 Å². The average Bonchev–Trinajstić information content (AvgIpc) is 2.10. The van der Waals surface area contributed by atoms with Gasteiger partial charge in [-0.05, 0) is 19.3 Å². The summed E-state index contributed by atoms with van der Waals surface area (Å²) < 4.78 is 10.1. The summed E-state index contributed by atoms with van der Waals surface area (Å²) in [5.41, 5.74) is -0.666. The quantitative estimate of drug-likeness (QED) is 0.598. The Labute approximate surface area is 93.0 Å². The third-order valence-electron chi connectivity index (χ3n) is 2.19. The smallest absolute Gasteiger partial charge is 0.169 e. The number of nitrogens with one attached hydrogen (secondary N) is 1. The molecule has 4 heteroatoms. The van der Waals surface area contributed by atoms with Crippen LogP contribution in [-0.2, 0) is 9.47 Å². The molecule has 0 aromatic rings. The number of rotatable bonds is 8. The molecule has 0 spiro atoms. The zero-order valence-electron chi connectivity index (χ0n) is 10.5. The van der Waals surface area contributed by atoms with E-state index in [1.54, 1.807) is 14.2 Å². The summed E-state index contributed by atoms with van der Waals surface area (Å²) in [7, 11) is 3.20. The van der Waals surface area contributed by atoms with E-state index in [1.807, 2.05) is 6.92 Å². The van der Waals surface area contributed by atoms with E-state index in [1.165, 1.54) is 0 Å². The number of hydrogen-bond acceptors (Lipinski definition) is 4. The maximum atomic E-state index is 10.00. The monoisotopic (exact) mass is 219 g/mol. The van der Waals surface area contributed by atoms with Crippen molar-refractivity contribution in [2.45, 2.75) is 39.1 Å². The fourth-order valence-corrected chi connectivity index (χ4v) is 1.67. The van der Waals surface area contributed by atoms with Crippen molar-refractivity contribution in [1.29, 1.82) is 0 Å². The van der Waals surface area contributed by atoms with Crippen molar-refractivity contribution in [3.05, 3.63) is 0 Å². The first-order valence-corrected chi connectivity index (χ1v) is 5.40. The Kier molecular flexibility index (Phi) is 7.09. The largest absolute Gasteiger partial charge is 0.389 e. The number of ether oxygens (including phenoxy) is 2. The van der Waals surface area contributed by atoms with Gasteiger partial charge in [-0.25, -0.2) is 0 Å². The van der Waals surface area contributed by atoms with Crippen LogP contribution in [0, 0.1) is 5.92 Å². The first kappa shape index (κ1) is 14.8.